The van der Waals surface area contributed by atoms with Gasteiger partial charge in [-0.15, -0.1) is 0 Å². The molecular formula is C18H14FNO2. The third kappa shape index (κ3) is 1.91. The van der Waals surface area contributed by atoms with Gasteiger partial charge in [-0.2, -0.15) is 0 Å². The van der Waals surface area contributed by atoms with Gasteiger partial charge in [-0.3, -0.25) is 9.36 Å². The van der Waals surface area contributed by atoms with Crippen LogP contribution in [0.15, 0.2) is 53.3 Å². The number of para-hydroxylation sites is 1. The van der Waals surface area contributed by atoms with Gasteiger partial charge in [-0.05, 0) is 43.2 Å². The van der Waals surface area contributed by atoms with Gasteiger partial charge >= 0.3 is 0 Å². The van der Waals surface area contributed by atoms with Crippen molar-refractivity contribution in [2.75, 3.05) is 6.61 Å². The highest BCUT2D eigenvalue weighted by atomic mass is 19.1. The predicted molar refractivity (Wildman–Crippen MR) is 83.3 cm³/mol. The van der Waals surface area contributed by atoms with Crippen molar-refractivity contribution in [3.05, 3.63) is 70.1 Å². The van der Waals surface area contributed by atoms with E-state index < -0.39 is 0 Å². The summed E-state index contributed by atoms with van der Waals surface area (Å²) < 4.78 is 21.4. The van der Waals surface area contributed by atoms with E-state index in [1.54, 1.807) is 6.07 Å². The molecule has 1 aliphatic heterocycles. The van der Waals surface area contributed by atoms with E-state index in [1.165, 1.54) is 12.1 Å². The van der Waals surface area contributed by atoms with Crippen molar-refractivity contribution in [3.63, 3.8) is 0 Å². The number of ether oxygens (including phenoxy) is 1. The van der Waals surface area contributed by atoms with E-state index in [2.05, 4.69) is 0 Å². The maximum absolute atomic E-state index is 13.7. The van der Waals surface area contributed by atoms with Crippen molar-refractivity contribution in [1.29, 1.82) is 0 Å². The number of hydrogen-bond donors (Lipinski definition) is 0. The number of pyridine rings is 1. The van der Waals surface area contributed by atoms with Gasteiger partial charge in [0.25, 0.3) is 0 Å². The Balaban J connectivity index is 2.19. The van der Waals surface area contributed by atoms with Crippen molar-refractivity contribution >= 4 is 10.9 Å². The summed E-state index contributed by atoms with van der Waals surface area (Å²) in [5.41, 5.74) is 2.01. The summed E-state index contributed by atoms with van der Waals surface area (Å²) in [7, 11) is 0. The number of fused-ring (bicyclic) bond motifs is 2. The van der Waals surface area contributed by atoms with E-state index in [0.29, 0.717) is 35.4 Å². The van der Waals surface area contributed by atoms with Crippen LogP contribution < -0.4 is 10.2 Å². The second kappa shape index (κ2) is 4.98. The lowest BCUT2D eigenvalue weighted by molar-refractivity contribution is 0.270. The second-order valence-electron chi connectivity index (χ2n) is 5.40. The molecule has 2 aromatic carbocycles. The Morgan fingerprint density at radius 3 is 2.73 bits per heavy atom. The molecule has 0 saturated heterocycles. The normalized spacial score (nSPS) is 13.7. The van der Waals surface area contributed by atoms with Gasteiger partial charge in [0, 0.05) is 11.1 Å². The molecule has 0 bridgehead atoms. The summed E-state index contributed by atoms with van der Waals surface area (Å²) in [6.45, 7) is 0.570. The Bertz CT molecular complexity index is 916. The molecule has 22 heavy (non-hydrogen) atoms. The molecule has 0 saturated carbocycles. The Morgan fingerprint density at radius 1 is 1.09 bits per heavy atom. The van der Waals surface area contributed by atoms with E-state index in [4.69, 9.17) is 4.74 Å². The first kappa shape index (κ1) is 13.1. The third-order valence-corrected chi connectivity index (χ3v) is 4.00. The monoisotopic (exact) mass is 295 g/mol. The van der Waals surface area contributed by atoms with Gasteiger partial charge in [0.05, 0.1) is 17.7 Å². The molecule has 0 spiro atoms. The Hall–Kier alpha value is -2.62. The summed E-state index contributed by atoms with van der Waals surface area (Å²) in [5, 5.41) is 0.523. The Labute approximate surface area is 126 Å². The van der Waals surface area contributed by atoms with Crippen LogP contribution in [0, 0.1) is 5.82 Å². The van der Waals surface area contributed by atoms with Crippen LogP contribution in [-0.2, 0) is 6.42 Å². The van der Waals surface area contributed by atoms with Crippen LogP contribution in [0.2, 0.25) is 0 Å². The maximum atomic E-state index is 13.7. The molecule has 0 radical (unpaired) electrons. The van der Waals surface area contributed by atoms with E-state index in [1.807, 2.05) is 34.9 Å². The van der Waals surface area contributed by atoms with Crippen LogP contribution in [0.4, 0.5) is 4.39 Å². The molecule has 110 valence electrons. The minimum Gasteiger partial charge on any atom is -0.478 e. The van der Waals surface area contributed by atoms with Crippen molar-refractivity contribution in [2.45, 2.75) is 12.8 Å². The molecule has 4 rings (SSSR count). The summed E-state index contributed by atoms with van der Waals surface area (Å²) in [5.74, 6) is 0.174. The van der Waals surface area contributed by atoms with Crippen LogP contribution in [0.25, 0.3) is 16.6 Å². The van der Waals surface area contributed by atoms with Crippen LogP contribution in [0.5, 0.6) is 5.88 Å². The van der Waals surface area contributed by atoms with E-state index in [0.717, 1.165) is 12.1 Å². The fraction of sp³-hybridized carbons (Fsp3) is 0.167. The highest BCUT2D eigenvalue weighted by molar-refractivity contribution is 5.83. The molecule has 1 aromatic heterocycles. The predicted octanol–water partition coefficient (Wildman–Crippen LogP) is 3.45. The Morgan fingerprint density at radius 2 is 1.91 bits per heavy atom. The van der Waals surface area contributed by atoms with Crippen molar-refractivity contribution in [2.24, 2.45) is 0 Å². The molecule has 4 heteroatoms. The Kier molecular flexibility index (Phi) is 2.96. The zero-order chi connectivity index (χ0) is 15.1. The SMILES string of the molecule is O=c1c2c(n(-c3ccccc3)c3cc(F)ccc13)OCCC2. The molecule has 0 amide bonds. The zero-order valence-electron chi connectivity index (χ0n) is 11.9. The summed E-state index contributed by atoms with van der Waals surface area (Å²) >= 11 is 0. The summed E-state index contributed by atoms with van der Waals surface area (Å²) in [6, 6.07) is 13.9. The lowest BCUT2D eigenvalue weighted by atomic mass is 10.0. The third-order valence-electron chi connectivity index (χ3n) is 4.00. The number of benzene rings is 2. The minimum atomic E-state index is -0.368. The first-order chi connectivity index (χ1) is 10.8. The van der Waals surface area contributed by atoms with Gasteiger partial charge in [0.1, 0.15) is 5.82 Å². The average Bonchev–Trinajstić information content (AvgIpc) is 2.56. The first-order valence-electron chi connectivity index (χ1n) is 7.31. The van der Waals surface area contributed by atoms with Crippen molar-refractivity contribution in [3.8, 4) is 11.6 Å². The minimum absolute atomic E-state index is 0.0584. The number of nitrogens with zero attached hydrogens (tertiary/aromatic N) is 1. The standard InChI is InChI=1S/C18H14FNO2/c19-12-8-9-14-16(11-12)20(13-5-2-1-3-6-13)18-15(17(14)21)7-4-10-22-18/h1-3,5-6,8-9,11H,4,7,10H2. The molecule has 2 heterocycles. The van der Waals surface area contributed by atoms with Crippen LogP contribution in [-0.4, -0.2) is 11.2 Å². The highest BCUT2D eigenvalue weighted by Crippen LogP contribution is 2.30. The average molecular weight is 295 g/mol. The van der Waals surface area contributed by atoms with Crippen LogP contribution in [0.3, 0.4) is 0 Å². The molecular weight excluding hydrogens is 281 g/mol. The molecule has 1 aliphatic rings. The molecule has 0 aliphatic carbocycles. The summed E-state index contributed by atoms with van der Waals surface area (Å²) in [6.07, 6.45) is 1.51. The van der Waals surface area contributed by atoms with Crippen molar-refractivity contribution < 1.29 is 9.13 Å². The lowest BCUT2D eigenvalue weighted by Gasteiger charge is -2.23. The van der Waals surface area contributed by atoms with Crippen LogP contribution >= 0.6 is 0 Å². The highest BCUT2D eigenvalue weighted by Gasteiger charge is 2.22. The zero-order valence-corrected chi connectivity index (χ0v) is 11.9. The lowest BCUT2D eigenvalue weighted by Crippen LogP contribution is -2.23. The molecule has 3 aromatic rings. The van der Waals surface area contributed by atoms with E-state index >= 15 is 0 Å². The fourth-order valence-electron chi connectivity index (χ4n) is 3.01. The van der Waals surface area contributed by atoms with Gasteiger partial charge in [0.15, 0.2) is 5.43 Å². The van der Waals surface area contributed by atoms with Crippen molar-refractivity contribution in [1.82, 2.24) is 4.57 Å². The molecule has 3 nitrogen and oxygen atoms in total. The fourth-order valence-corrected chi connectivity index (χ4v) is 3.01. The quantitative estimate of drug-likeness (QED) is 0.688. The van der Waals surface area contributed by atoms with E-state index in [9.17, 15) is 9.18 Å². The van der Waals surface area contributed by atoms with E-state index in [-0.39, 0.29) is 11.2 Å². The largest absolute Gasteiger partial charge is 0.478 e. The molecule has 0 N–H and O–H groups in total. The maximum Gasteiger partial charge on any atom is 0.205 e. The number of rotatable bonds is 1. The van der Waals surface area contributed by atoms with Gasteiger partial charge in [0.2, 0.25) is 5.88 Å². The van der Waals surface area contributed by atoms with Gasteiger partial charge in [-0.1, -0.05) is 18.2 Å². The number of hydrogen-bond acceptors (Lipinski definition) is 2. The summed E-state index contributed by atoms with van der Waals surface area (Å²) in [4.78, 5) is 12.7. The van der Waals surface area contributed by atoms with Crippen LogP contribution in [0.1, 0.15) is 12.0 Å². The molecule has 0 atom stereocenters. The molecule has 0 fully saturated rings. The van der Waals surface area contributed by atoms with Gasteiger partial charge in [-0.25, -0.2) is 4.39 Å². The van der Waals surface area contributed by atoms with Gasteiger partial charge < -0.3 is 4.74 Å². The topological polar surface area (TPSA) is 31.2 Å². The number of halogens is 1. The molecule has 0 unspecified atom stereocenters. The smallest absolute Gasteiger partial charge is 0.205 e. The first-order valence-corrected chi connectivity index (χ1v) is 7.31. The number of aromatic nitrogens is 1. The second-order valence-corrected chi connectivity index (χ2v) is 5.40.